The molecule has 0 saturated carbocycles. The number of esters is 1. The van der Waals surface area contributed by atoms with Gasteiger partial charge in [0.1, 0.15) is 0 Å². The van der Waals surface area contributed by atoms with Crippen molar-refractivity contribution in [3.8, 4) is 0 Å². The number of Topliss-reactive ketones (excluding diaryl/α,β-unsaturated/α-hetero) is 1. The van der Waals surface area contributed by atoms with Crippen molar-refractivity contribution in [2.24, 2.45) is 0 Å². The molecule has 148 valence electrons. The fraction of sp³-hybridized carbons (Fsp3) is 0.217. The quantitative estimate of drug-likeness (QED) is 0.432. The molecule has 3 aromatic rings. The zero-order valence-electron chi connectivity index (χ0n) is 16.2. The number of carbonyl (C=O) groups excluding carboxylic acids is 2. The first-order chi connectivity index (χ1) is 14.1. The second-order valence-electron chi connectivity index (χ2n) is 6.56. The lowest BCUT2D eigenvalue weighted by atomic mass is 10.00. The molecule has 2 aromatic carbocycles. The number of hydrogen-bond acceptors (Lipinski definition) is 5. The van der Waals surface area contributed by atoms with Gasteiger partial charge >= 0.3 is 5.97 Å². The topological polar surface area (TPSA) is 78.3 Å². The third-order valence-electron chi connectivity index (χ3n) is 4.42. The third kappa shape index (κ3) is 5.04. The fourth-order valence-corrected chi connectivity index (χ4v) is 2.85. The van der Waals surface area contributed by atoms with E-state index in [1.54, 1.807) is 48.5 Å². The SMILES string of the molecule is CCCCn1nc(C(=O)O[C@@H](C(=O)c2ccccc2)c2ccccc2)ccc1=O. The molecule has 0 aliphatic rings. The van der Waals surface area contributed by atoms with E-state index in [-0.39, 0.29) is 17.0 Å². The molecule has 1 atom stereocenters. The smallest absolute Gasteiger partial charge is 0.359 e. The molecule has 1 aromatic heterocycles. The van der Waals surface area contributed by atoms with E-state index in [2.05, 4.69) is 5.10 Å². The highest BCUT2D eigenvalue weighted by Gasteiger charge is 2.27. The lowest BCUT2D eigenvalue weighted by Gasteiger charge is -2.17. The summed E-state index contributed by atoms with van der Waals surface area (Å²) in [6, 6.07) is 20.1. The van der Waals surface area contributed by atoms with E-state index in [9.17, 15) is 14.4 Å². The van der Waals surface area contributed by atoms with Gasteiger partial charge in [-0.2, -0.15) is 5.10 Å². The van der Waals surface area contributed by atoms with Crippen molar-refractivity contribution in [1.29, 1.82) is 0 Å². The van der Waals surface area contributed by atoms with Gasteiger partial charge in [-0.05, 0) is 12.5 Å². The van der Waals surface area contributed by atoms with Crippen LogP contribution in [0.2, 0.25) is 0 Å². The maximum atomic E-state index is 13.0. The number of hydrogen-bond donors (Lipinski definition) is 0. The van der Waals surface area contributed by atoms with Crippen LogP contribution in [0.3, 0.4) is 0 Å². The highest BCUT2D eigenvalue weighted by molar-refractivity contribution is 6.01. The first-order valence-corrected chi connectivity index (χ1v) is 9.53. The Labute approximate surface area is 168 Å². The zero-order chi connectivity index (χ0) is 20.6. The van der Waals surface area contributed by atoms with E-state index < -0.39 is 12.1 Å². The summed E-state index contributed by atoms with van der Waals surface area (Å²) >= 11 is 0. The fourth-order valence-electron chi connectivity index (χ4n) is 2.85. The van der Waals surface area contributed by atoms with Gasteiger partial charge in [0.2, 0.25) is 5.78 Å². The number of carbonyl (C=O) groups is 2. The Morgan fingerprint density at radius 2 is 1.62 bits per heavy atom. The van der Waals surface area contributed by atoms with Crippen molar-refractivity contribution in [2.75, 3.05) is 0 Å². The van der Waals surface area contributed by atoms with Gasteiger partial charge in [-0.1, -0.05) is 74.0 Å². The number of aryl methyl sites for hydroxylation is 1. The molecule has 0 unspecified atom stereocenters. The largest absolute Gasteiger partial charge is 0.444 e. The van der Waals surface area contributed by atoms with Crippen molar-refractivity contribution in [2.45, 2.75) is 32.4 Å². The van der Waals surface area contributed by atoms with Crippen LogP contribution in [0.4, 0.5) is 0 Å². The molecule has 3 rings (SSSR count). The van der Waals surface area contributed by atoms with Crippen LogP contribution in [0.1, 0.15) is 52.3 Å². The van der Waals surface area contributed by atoms with Crippen LogP contribution in [-0.4, -0.2) is 21.5 Å². The lowest BCUT2D eigenvalue weighted by molar-refractivity contribution is 0.0271. The molecular weight excluding hydrogens is 368 g/mol. The average molecular weight is 390 g/mol. The molecule has 0 radical (unpaired) electrons. The third-order valence-corrected chi connectivity index (χ3v) is 4.42. The molecule has 0 bridgehead atoms. The predicted molar refractivity (Wildman–Crippen MR) is 109 cm³/mol. The standard InChI is InChI=1S/C23H22N2O4/c1-2-3-16-25-20(26)15-14-19(24-25)23(28)29-22(18-12-8-5-9-13-18)21(27)17-10-6-4-7-11-17/h4-15,22H,2-3,16H2,1H3/t22-/m1/s1. The minimum Gasteiger partial charge on any atom is -0.444 e. The monoisotopic (exact) mass is 390 g/mol. The predicted octanol–water partition coefficient (Wildman–Crippen LogP) is 3.82. The van der Waals surface area contributed by atoms with Gasteiger partial charge < -0.3 is 4.74 Å². The Balaban J connectivity index is 1.89. The molecular formula is C23H22N2O4. The van der Waals surface area contributed by atoms with Crippen molar-refractivity contribution >= 4 is 11.8 Å². The molecule has 0 aliphatic heterocycles. The Morgan fingerprint density at radius 1 is 0.966 bits per heavy atom. The Kier molecular flexibility index (Phi) is 6.68. The molecule has 0 amide bonds. The van der Waals surface area contributed by atoms with Gasteiger partial charge in [0.25, 0.3) is 5.56 Å². The van der Waals surface area contributed by atoms with Crippen LogP contribution in [0.25, 0.3) is 0 Å². The van der Waals surface area contributed by atoms with E-state index in [1.807, 2.05) is 19.1 Å². The minimum absolute atomic E-state index is 0.0116. The molecule has 0 saturated heterocycles. The van der Waals surface area contributed by atoms with E-state index in [0.717, 1.165) is 12.8 Å². The molecule has 6 heteroatoms. The normalized spacial score (nSPS) is 11.6. The summed E-state index contributed by atoms with van der Waals surface area (Å²) in [4.78, 5) is 37.7. The molecule has 29 heavy (non-hydrogen) atoms. The molecule has 0 aliphatic carbocycles. The van der Waals surface area contributed by atoms with Crippen molar-refractivity contribution < 1.29 is 14.3 Å². The summed E-state index contributed by atoms with van der Waals surface area (Å²) in [5.74, 6) is -1.09. The molecule has 0 spiro atoms. The maximum absolute atomic E-state index is 13.0. The maximum Gasteiger partial charge on any atom is 0.359 e. The van der Waals surface area contributed by atoms with Crippen LogP contribution >= 0.6 is 0 Å². The first-order valence-electron chi connectivity index (χ1n) is 9.53. The van der Waals surface area contributed by atoms with Crippen molar-refractivity contribution in [3.05, 3.63) is 100.0 Å². The van der Waals surface area contributed by atoms with Crippen LogP contribution in [0.5, 0.6) is 0 Å². The summed E-state index contributed by atoms with van der Waals surface area (Å²) in [5, 5.41) is 4.11. The van der Waals surface area contributed by atoms with Crippen molar-refractivity contribution in [1.82, 2.24) is 9.78 Å². The number of ketones is 1. The van der Waals surface area contributed by atoms with Gasteiger partial charge in [0, 0.05) is 23.7 Å². The number of rotatable bonds is 8. The second-order valence-corrected chi connectivity index (χ2v) is 6.56. The van der Waals surface area contributed by atoms with Gasteiger partial charge in [0.05, 0.1) is 0 Å². The van der Waals surface area contributed by atoms with Crippen LogP contribution < -0.4 is 5.56 Å². The molecule has 6 nitrogen and oxygen atoms in total. The van der Waals surface area contributed by atoms with Crippen LogP contribution in [0, 0.1) is 0 Å². The Bertz CT molecular complexity index is 1030. The summed E-state index contributed by atoms with van der Waals surface area (Å²) in [6.07, 6.45) is 0.554. The van der Waals surface area contributed by atoms with E-state index >= 15 is 0 Å². The van der Waals surface area contributed by atoms with Gasteiger partial charge in [-0.15, -0.1) is 0 Å². The Hall–Kier alpha value is -3.54. The highest BCUT2D eigenvalue weighted by Crippen LogP contribution is 2.23. The first kappa shape index (κ1) is 20.2. The number of unbranched alkanes of at least 4 members (excludes halogenated alkanes) is 1. The van der Waals surface area contributed by atoms with Crippen LogP contribution in [0.15, 0.2) is 77.6 Å². The van der Waals surface area contributed by atoms with Gasteiger partial charge in [-0.25, -0.2) is 9.48 Å². The lowest BCUT2D eigenvalue weighted by Crippen LogP contribution is -2.26. The van der Waals surface area contributed by atoms with Crippen LogP contribution in [-0.2, 0) is 11.3 Å². The van der Waals surface area contributed by atoms with E-state index in [1.165, 1.54) is 16.8 Å². The van der Waals surface area contributed by atoms with Crippen molar-refractivity contribution in [3.63, 3.8) is 0 Å². The highest BCUT2D eigenvalue weighted by atomic mass is 16.5. The number of benzene rings is 2. The van der Waals surface area contributed by atoms with E-state index in [4.69, 9.17) is 4.74 Å². The Morgan fingerprint density at radius 3 is 2.28 bits per heavy atom. The van der Waals surface area contributed by atoms with Gasteiger partial charge in [-0.3, -0.25) is 9.59 Å². The van der Waals surface area contributed by atoms with E-state index in [0.29, 0.717) is 17.7 Å². The average Bonchev–Trinajstić information content (AvgIpc) is 2.77. The summed E-state index contributed by atoms with van der Waals surface area (Å²) < 4.78 is 6.82. The molecule has 0 N–H and O–H groups in total. The second kappa shape index (κ2) is 9.59. The molecule has 0 fully saturated rings. The molecule has 1 heterocycles. The van der Waals surface area contributed by atoms with Gasteiger partial charge in [0.15, 0.2) is 11.8 Å². The summed E-state index contributed by atoms with van der Waals surface area (Å²) in [5.41, 5.74) is 0.710. The zero-order valence-corrected chi connectivity index (χ0v) is 16.2. The number of nitrogens with zero attached hydrogens (tertiary/aromatic N) is 2. The minimum atomic E-state index is -1.11. The summed E-state index contributed by atoms with van der Waals surface area (Å²) in [6.45, 7) is 2.42. The summed E-state index contributed by atoms with van der Waals surface area (Å²) in [7, 11) is 0. The number of ether oxygens (including phenoxy) is 1. The number of aromatic nitrogens is 2.